The minimum absolute atomic E-state index is 0.106. The van der Waals surface area contributed by atoms with E-state index in [1.165, 1.54) is 32.1 Å². The van der Waals surface area contributed by atoms with Crippen molar-refractivity contribution in [1.29, 1.82) is 0 Å². The number of thioether (sulfide) groups is 1. The molecule has 17 heavy (non-hydrogen) atoms. The van der Waals surface area contributed by atoms with Crippen LogP contribution in [0.2, 0.25) is 0 Å². The van der Waals surface area contributed by atoms with Gasteiger partial charge in [0, 0.05) is 18.3 Å². The summed E-state index contributed by atoms with van der Waals surface area (Å²) in [6, 6.07) is 0.106. The normalized spacial score (nSPS) is 31.0. The van der Waals surface area contributed by atoms with E-state index in [4.69, 9.17) is 0 Å². The lowest BCUT2D eigenvalue weighted by molar-refractivity contribution is -0.134. The molecule has 2 aliphatic heterocycles. The maximum atomic E-state index is 12.4. The second kappa shape index (κ2) is 6.64. The molecule has 0 bridgehead atoms. The van der Waals surface area contributed by atoms with Crippen LogP contribution in [0.4, 0.5) is 0 Å². The lowest BCUT2D eigenvalue weighted by Crippen LogP contribution is -2.48. The van der Waals surface area contributed by atoms with Crippen LogP contribution >= 0.6 is 11.8 Å². The van der Waals surface area contributed by atoms with E-state index in [2.05, 4.69) is 16.5 Å². The monoisotopic (exact) mass is 256 g/mol. The molecule has 1 N–H and O–H groups in total. The molecule has 0 aromatic carbocycles. The zero-order valence-corrected chi connectivity index (χ0v) is 11.6. The van der Waals surface area contributed by atoms with Crippen molar-refractivity contribution in [3.8, 4) is 0 Å². The quantitative estimate of drug-likeness (QED) is 0.818. The van der Waals surface area contributed by atoms with Crippen LogP contribution in [-0.4, -0.2) is 48.0 Å². The van der Waals surface area contributed by atoms with Crippen molar-refractivity contribution in [3.05, 3.63) is 0 Å². The van der Waals surface area contributed by atoms with E-state index in [9.17, 15) is 4.79 Å². The Morgan fingerprint density at radius 3 is 2.76 bits per heavy atom. The minimum atomic E-state index is 0.106. The minimum Gasteiger partial charge on any atom is -0.341 e. The van der Waals surface area contributed by atoms with Gasteiger partial charge >= 0.3 is 0 Å². The van der Waals surface area contributed by atoms with Crippen LogP contribution in [0.3, 0.4) is 0 Å². The summed E-state index contributed by atoms with van der Waals surface area (Å²) in [6.45, 7) is 2.94. The number of rotatable bonds is 2. The Kier molecular flexibility index (Phi) is 5.16. The zero-order valence-electron chi connectivity index (χ0n) is 10.8. The molecule has 2 saturated heterocycles. The third-order valence-electron chi connectivity index (χ3n) is 3.93. The number of hydrogen-bond donors (Lipinski definition) is 1. The van der Waals surface area contributed by atoms with Gasteiger partial charge < -0.3 is 10.2 Å². The van der Waals surface area contributed by atoms with Crippen LogP contribution < -0.4 is 5.32 Å². The molecular weight excluding hydrogens is 232 g/mol. The second-order valence-corrected chi connectivity index (χ2v) is 6.25. The highest BCUT2D eigenvalue weighted by Gasteiger charge is 2.27. The fourth-order valence-electron chi connectivity index (χ4n) is 2.80. The largest absolute Gasteiger partial charge is 0.341 e. The van der Waals surface area contributed by atoms with Gasteiger partial charge in [-0.25, -0.2) is 0 Å². The van der Waals surface area contributed by atoms with Crippen LogP contribution in [0, 0.1) is 0 Å². The Morgan fingerprint density at radius 2 is 2.06 bits per heavy atom. The van der Waals surface area contributed by atoms with E-state index < -0.39 is 0 Å². The van der Waals surface area contributed by atoms with E-state index in [-0.39, 0.29) is 6.04 Å². The van der Waals surface area contributed by atoms with Crippen LogP contribution in [0.15, 0.2) is 0 Å². The second-order valence-electron chi connectivity index (χ2n) is 5.12. The summed E-state index contributed by atoms with van der Waals surface area (Å²) in [5.41, 5.74) is 0. The summed E-state index contributed by atoms with van der Waals surface area (Å²) in [6.07, 6.45) is 9.24. The van der Waals surface area contributed by atoms with Crippen LogP contribution in [0.1, 0.15) is 38.5 Å². The van der Waals surface area contributed by atoms with Gasteiger partial charge in [-0.2, -0.15) is 11.8 Å². The summed E-state index contributed by atoms with van der Waals surface area (Å²) in [5.74, 6) is 0.353. The summed E-state index contributed by atoms with van der Waals surface area (Å²) < 4.78 is 0. The molecule has 0 saturated carbocycles. The van der Waals surface area contributed by atoms with E-state index in [1.54, 1.807) is 0 Å². The topological polar surface area (TPSA) is 32.3 Å². The fourth-order valence-corrected chi connectivity index (χ4v) is 3.55. The number of amides is 1. The molecule has 2 fully saturated rings. The SMILES string of the molecule is CSC1CCCN(C(=O)[C@H]2CCCCN2)CC1. The van der Waals surface area contributed by atoms with Crippen LogP contribution in [0.25, 0.3) is 0 Å². The standard InChI is InChI=1S/C13H24N2OS/c1-17-11-5-4-9-15(10-7-11)13(16)12-6-2-3-8-14-12/h11-12,14H,2-10H2,1H3/t11?,12-/m1/s1. The van der Waals surface area contributed by atoms with Crippen molar-refractivity contribution >= 4 is 17.7 Å². The highest BCUT2D eigenvalue weighted by molar-refractivity contribution is 7.99. The lowest BCUT2D eigenvalue weighted by atomic mass is 10.0. The predicted octanol–water partition coefficient (Wildman–Crippen LogP) is 1.87. The predicted molar refractivity (Wildman–Crippen MR) is 73.4 cm³/mol. The van der Waals surface area contributed by atoms with E-state index in [0.29, 0.717) is 5.91 Å². The molecule has 1 unspecified atom stereocenters. The number of carbonyl (C=O) groups excluding carboxylic acids is 1. The highest BCUT2D eigenvalue weighted by Crippen LogP contribution is 2.22. The van der Waals surface area contributed by atoms with Gasteiger partial charge in [-0.3, -0.25) is 4.79 Å². The van der Waals surface area contributed by atoms with Gasteiger partial charge in [0.25, 0.3) is 0 Å². The Balaban J connectivity index is 1.85. The first-order chi connectivity index (χ1) is 8.31. The van der Waals surface area contributed by atoms with Crippen LogP contribution in [-0.2, 0) is 4.79 Å². The molecule has 0 aromatic rings. The number of piperidine rings is 1. The summed E-state index contributed by atoms with van der Waals surface area (Å²) in [5, 5.41) is 4.12. The van der Waals surface area contributed by atoms with E-state index >= 15 is 0 Å². The number of nitrogens with one attached hydrogen (secondary N) is 1. The average molecular weight is 256 g/mol. The van der Waals surface area contributed by atoms with Gasteiger partial charge in [-0.15, -0.1) is 0 Å². The third-order valence-corrected chi connectivity index (χ3v) is 5.07. The molecule has 3 nitrogen and oxygen atoms in total. The third kappa shape index (κ3) is 3.62. The highest BCUT2D eigenvalue weighted by atomic mass is 32.2. The van der Waals surface area contributed by atoms with Gasteiger partial charge in [-0.05, 0) is 44.9 Å². The van der Waals surface area contributed by atoms with Crippen molar-refractivity contribution in [1.82, 2.24) is 10.2 Å². The summed E-state index contributed by atoms with van der Waals surface area (Å²) in [4.78, 5) is 14.5. The number of carbonyl (C=O) groups is 1. The number of likely N-dealkylation sites (tertiary alicyclic amines) is 1. The Morgan fingerprint density at radius 1 is 1.18 bits per heavy atom. The Labute approximate surface area is 109 Å². The zero-order chi connectivity index (χ0) is 12.1. The molecular formula is C13H24N2OS. The van der Waals surface area contributed by atoms with Crippen molar-refractivity contribution in [3.63, 3.8) is 0 Å². The van der Waals surface area contributed by atoms with E-state index in [1.807, 2.05) is 11.8 Å². The molecule has 2 aliphatic rings. The molecule has 4 heteroatoms. The first-order valence-corrected chi connectivity index (χ1v) is 8.15. The summed E-state index contributed by atoms with van der Waals surface area (Å²) in [7, 11) is 0. The average Bonchev–Trinajstić information content (AvgIpc) is 2.64. The van der Waals surface area contributed by atoms with Crippen molar-refractivity contribution in [2.24, 2.45) is 0 Å². The number of hydrogen-bond acceptors (Lipinski definition) is 3. The van der Waals surface area contributed by atoms with Gasteiger partial charge in [0.15, 0.2) is 0 Å². The van der Waals surface area contributed by atoms with Crippen molar-refractivity contribution in [2.45, 2.75) is 49.8 Å². The number of nitrogens with zero attached hydrogens (tertiary/aromatic N) is 1. The first-order valence-electron chi connectivity index (χ1n) is 6.86. The molecule has 0 aromatic heterocycles. The molecule has 1 amide bonds. The molecule has 2 heterocycles. The molecule has 0 spiro atoms. The van der Waals surface area contributed by atoms with Crippen molar-refractivity contribution in [2.75, 3.05) is 25.9 Å². The van der Waals surface area contributed by atoms with Gasteiger partial charge in [-0.1, -0.05) is 6.42 Å². The van der Waals surface area contributed by atoms with Gasteiger partial charge in [0.1, 0.15) is 0 Å². The fraction of sp³-hybridized carbons (Fsp3) is 0.923. The molecule has 2 rings (SSSR count). The first kappa shape index (κ1) is 13.2. The van der Waals surface area contributed by atoms with Crippen LogP contribution in [0.5, 0.6) is 0 Å². The maximum Gasteiger partial charge on any atom is 0.239 e. The summed E-state index contributed by atoms with van der Waals surface area (Å²) >= 11 is 1.95. The molecule has 0 aliphatic carbocycles. The van der Waals surface area contributed by atoms with E-state index in [0.717, 1.165) is 31.3 Å². The maximum absolute atomic E-state index is 12.4. The van der Waals surface area contributed by atoms with Crippen molar-refractivity contribution < 1.29 is 4.79 Å². The lowest BCUT2D eigenvalue weighted by Gasteiger charge is -2.29. The smallest absolute Gasteiger partial charge is 0.239 e. The molecule has 98 valence electrons. The van der Waals surface area contributed by atoms with Gasteiger partial charge in [0.05, 0.1) is 6.04 Å². The molecule has 0 radical (unpaired) electrons. The molecule has 2 atom stereocenters. The Hall–Kier alpha value is -0.220. The van der Waals surface area contributed by atoms with Gasteiger partial charge in [0.2, 0.25) is 5.91 Å². The Bertz CT molecular complexity index is 254.